The van der Waals surface area contributed by atoms with Crippen LogP contribution in [0.1, 0.15) is 54.3 Å². The fraction of sp³-hybridized carbons (Fsp3) is 0.571. The van der Waals surface area contributed by atoms with Crippen molar-refractivity contribution in [3.8, 4) is 0 Å². The number of carbonyl (C=O) groups excluding carboxylic acids is 1. The van der Waals surface area contributed by atoms with Crippen molar-refractivity contribution >= 4 is 30.7 Å². The Morgan fingerprint density at radius 1 is 1.20 bits per heavy atom. The maximum atomic E-state index is 12.6. The van der Waals surface area contributed by atoms with Crippen LogP contribution < -0.4 is 10.6 Å². The molecule has 1 aromatic carbocycles. The van der Waals surface area contributed by atoms with E-state index in [1.165, 1.54) is 11.1 Å². The van der Waals surface area contributed by atoms with E-state index >= 15 is 0 Å². The third-order valence-electron chi connectivity index (χ3n) is 6.09. The Bertz CT molecular complexity index is 834. The molecule has 0 unspecified atom stereocenters. The Balaban J connectivity index is 0.00000160. The second-order valence-electron chi connectivity index (χ2n) is 8.50. The van der Waals surface area contributed by atoms with E-state index in [2.05, 4.69) is 64.0 Å². The Kier molecular flexibility index (Phi) is 8.67. The summed E-state index contributed by atoms with van der Waals surface area (Å²) in [6, 6.07) is 8.96. The van der Waals surface area contributed by atoms with Gasteiger partial charge in [0, 0.05) is 25.2 Å². The first-order chi connectivity index (χ1) is 13.5. The van der Waals surface area contributed by atoms with Crippen LogP contribution in [0.25, 0.3) is 0 Å². The predicted molar refractivity (Wildman–Crippen MR) is 123 cm³/mol. The molecule has 4 rings (SSSR count). The highest BCUT2D eigenvalue weighted by molar-refractivity contribution is 5.91. The highest BCUT2D eigenvalue weighted by Crippen LogP contribution is 2.25. The molecule has 2 aliphatic rings. The van der Waals surface area contributed by atoms with Crippen molar-refractivity contribution in [2.24, 2.45) is 0 Å². The Hall–Kier alpha value is -1.67. The Labute approximate surface area is 190 Å². The molecular formula is C21H32Cl2N6O. The smallest absolute Gasteiger partial charge is 0.273 e. The molecule has 1 amide bonds. The van der Waals surface area contributed by atoms with Gasteiger partial charge in [-0.15, -0.1) is 29.9 Å². The molecule has 30 heavy (non-hydrogen) atoms. The number of piperidine rings is 1. The normalized spacial score (nSPS) is 17.4. The topological polar surface area (TPSA) is 75.1 Å². The van der Waals surface area contributed by atoms with Crippen molar-refractivity contribution in [1.29, 1.82) is 0 Å². The van der Waals surface area contributed by atoms with E-state index in [0.717, 1.165) is 45.4 Å². The first-order valence-corrected chi connectivity index (χ1v) is 10.3. The molecule has 2 aliphatic heterocycles. The van der Waals surface area contributed by atoms with Gasteiger partial charge in [-0.2, -0.15) is 0 Å². The van der Waals surface area contributed by atoms with E-state index in [9.17, 15) is 4.79 Å². The number of fused-ring (bicyclic) bond motifs is 1. The summed E-state index contributed by atoms with van der Waals surface area (Å²) in [6.07, 6.45) is 4.88. The molecule has 1 aromatic heterocycles. The Morgan fingerprint density at radius 2 is 1.90 bits per heavy atom. The molecule has 1 fully saturated rings. The molecule has 9 heteroatoms. The molecule has 0 bridgehead atoms. The molecule has 0 atom stereocenters. The van der Waals surface area contributed by atoms with E-state index in [0.29, 0.717) is 18.3 Å². The molecule has 0 saturated carbocycles. The summed E-state index contributed by atoms with van der Waals surface area (Å²) < 4.78 is 1.85. The zero-order valence-electron chi connectivity index (χ0n) is 17.6. The third-order valence-corrected chi connectivity index (χ3v) is 6.09. The Morgan fingerprint density at radius 3 is 2.63 bits per heavy atom. The van der Waals surface area contributed by atoms with Crippen molar-refractivity contribution in [2.45, 2.75) is 51.2 Å². The monoisotopic (exact) mass is 454 g/mol. The lowest BCUT2D eigenvalue weighted by Gasteiger charge is -2.41. The highest BCUT2D eigenvalue weighted by Gasteiger charge is 2.30. The lowest BCUT2D eigenvalue weighted by Crippen LogP contribution is -2.53. The van der Waals surface area contributed by atoms with Crippen LogP contribution in [-0.4, -0.2) is 57.5 Å². The zero-order valence-corrected chi connectivity index (χ0v) is 19.3. The molecular weight excluding hydrogens is 423 g/mol. The van der Waals surface area contributed by atoms with Gasteiger partial charge in [0.2, 0.25) is 0 Å². The minimum atomic E-state index is -0.148. The van der Waals surface area contributed by atoms with Crippen LogP contribution in [0.15, 0.2) is 30.5 Å². The van der Waals surface area contributed by atoms with Gasteiger partial charge in [-0.05, 0) is 57.3 Å². The molecule has 0 radical (unpaired) electrons. The van der Waals surface area contributed by atoms with Crippen LogP contribution in [0.4, 0.5) is 0 Å². The van der Waals surface area contributed by atoms with Gasteiger partial charge in [0.25, 0.3) is 5.91 Å². The van der Waals surface area contributed by atoms with Gasteiger partial charge in [0.05, 0.1) is 12.2 Å². The maximum absolute atomic E-state index is 12.6. The number of hydrogen-bond donors (Lipinski definition) is 2. The molecule has 3 heterocycles. The number of rotatable bonds is 5. The number of nitrogens with zero attached hydrogens (tertiary/aromatic N) is 4. The summed E-state index contributed by atoms with van der Waals surface area (Å²) in [5, 5.41) is 14.7. The SMILES string of the molecule is CC(C)(CNC(=O)c1cn(C2CCNCC2)nn1)N1CCc2ccccc2C1.Cl.Cl. The van der Waals surface area contributed by atoms with Crippen LogP contribution in [0.5, 0.6) is 0 Å². The van der Waals surface area contributed by atoms with Crippen LogP contribution in [-0.2, 0) is 13.0 Å². The quantitative estimate of drug-likeness (QED) is 0.725. The van der Waals surface area contributed by atoms with Crippen molar-refractivity contribution in [3.63, 3.8) is 0 Å². The van der Waals surface area contributed by atoms with E-state index in [1.807, 2.05) is 4.68 Å². The van der Waals surface area contributed by atoms with Gasteiger partial charge < -0.3 is 10.6 Å². The van der Waals surface area contributed by atoms with E-state index in [1.54, 1.807) is 6.20 Å². The van der Waals surface area contributed by atoms with Crippen molar-refractivity contribution in [3.05, 3.63) is 47.3 Å². The van der Waals surface area contributed by atoms with Gasteiger partial charge >= 0.3 is 0 Å². The highest BCUT2D eigenvalue weighted by atomic mass is 35.5. The molecule has 7 nitrogen and oxygen atoms in total. The summed E-state index contributed by atoms with van der Waals surface area (Å²) >= 11 is 0. The lowest BCUT2D eigenvalue weighted by atomic mass is 9.94. The van der Waals surface area contributed by atoms with Crippen molar-refractivity contribution in [1.82, 2.24) is 30.5 Å². The van der Waals surface area contributed by atoms with Crippen molar-refractivity contribution in [2.75, 3.05) is 26.2 Å². The summed E-state index contributed by atoms with van der Waals surface area (Å²) in [5.41, 5.74) is 3.10. The number of amides is 1. The summed E-state index contributed by atoms with van der Waals surface area (Å²) in [4.78, 5) is 15.1. The molecule has 2 aromatic rings. The van der Waals surface area contributed by atoms with Gasteiger partial charge in [-0.1, -0.05) is 29.5 Å². The van der Waals surface area contributed by atoms with Crippen LogP contribution >= 0.6 is 24.8 Å². The number of benzene rings is 1. The summed E-state index contributed by atoms with van der Waals surface area (Å²) in [6.45, 7) is 8.85. The maximum Gasteiger partial charge on any atom is 0.273 e. The first kappa shape index (κ1) is 24.6. The van der Waals surface area contributed by atoms with Crippen LogP contribution in [0.3, 0.4) is 0 Å². The number of halogens is 2. The zero-order chi connectivity index (χ0) is 19.6. The second-order valence-corrected chi connectivity index (χ2v) is 8.50. The number of hydrogen-bond acceptors (Lipinski definition) is 5. The average molecular weight is 455 g/mol. The predicted octanol–water partition coefficient (Wildman–Crippen LogP) is 2.61. The number of carbonyl (C=O) groups is 1. The second kappa shape index (κ2) is 10.6. The standard InChI is InChI=1S/C21H30N6O.2ClH/c1-21(2,26-12-9-16-5-3-4-6-17(16)13-26)15-23-20(28)19-14-27(25-24-19)18-7-10-22-11-8-18;;/h3-6,14,18,22H,7-13,15H2,1-2H3,(H,23,28);2*1H. The lowest BCUT2D eigenvalue weighted by molar-refractivity contribution is 0.0822. The minimum Gasteiger partial charge on any atom is -0.349 e. The minimum absolute atomic E-state index is 0. The van der Waals surface area contributed by atoms with Gasteiger partial charge in [0.1, 0.15) is 0 Å². The van der Waals surface area contributed by atoms with E-state index < -0.39 is 0 Å². The van der Waals surface area contributed by atoms with Crippen molar-refractivity contribution < 1.29 is 4.79 Å². The average Bonchev–Trinajstić information content (AvgIpc) is 3.23. The van der Waals surface area contributed by atoms with Gasteiger partial charge in [-0.3, -0.25) is 9.69 Å². The van der Waals surface area contributed by atoms with Crippen LogP contribution in [0, 0.1) is 0 Å². The molecule has 2 N–H and O–H groups in total. The molecule has 0 aliphatic carbocycles. The van der Waals surface area contributed by atoms with Gasteiger partial charge in [0.15, 0.2) is 5.69 Å². The molecule has 1 saturated heterocycles. The molecule has 166 valence electrons. The fourth-order valence-electron chi connectivity index (χ4n) is 4.14. The number of nitrogens with one attached hydrogen (secondary N) is 2. The molecule has 0 spiro atoms. The fourth-order valence-corrected chi connectivity index (χ4v) is 4.14. The van der Waals surface area contributed by atoms with E-state index in [-0.39, 0.29) is 36.3 Å². The summed E-state index contributed by atoms with van der Waals surface area (Å²) in [7, 11) is 0. The van der Waals surface area contributed by atoms with Crippen LogP contribution in [0.2, 0.25) is 0 Å². The number of aromatic nitrogens is 3. The summed E-state index contributed by atoms with van der Waals surface area (Å²) in [5.74, 6) is -0.148. The first-order valence-electron chi connectivity index (χ1n) is 10.3. The van der Waals surface area contributed by atoms with E-state index in [4.69, 9.17) is 0 Å². The van der Waals surface area contributed by atoms with Gasteiger partial charge in [-0.25, -0.2) is 4.68 Å². The largest absolute Gasteiger partial charge is 0.349 e. The third kappa shape index (κ3) is 5.52.